The Hall–Kier alpha value is -5.86. The van der Waals surface area contributed by atoms with Gasteiger partial charge in [0, 0.05) is 70.6 Å². The zero-order chi connectivity index (χ0) is 36.3. The van der Waals surface area contributed by atoms with Crippen LogP contribution in [0, 0.1) is 13.0 Å². The molecule has 6 aromatic rings. The Morgan fingerprint density at radius 3 is 2.42 bits per heavy atom. The number of ether oxygens (including phenoxy) is 2. The number of hydrogen-bond donors (Lipinski definition) is 6. The molecule has 0 spiro atoms. The number of methoxy groups -OCH3 is 2. The molecule has 0 aliphatic carbocycles. The number of rotatable bonds is 5. The van der Waals surface area contributed by atoms with Crippen LogP contribution in [0.1, 0.15) is 55.3 Å². The van der Waals surface area contributed by atoms with E-state index in [9.17, 15) is 24.6 Å². The minimum atomic E-state index is -1.03. The van der Waals surface area contributed by atoms with Gasteiger partial charge in [-0.1, -0.05) is 0 Å². The number of amides is 4. The minimum absolute atomic E-state index is 0.0296. The molecule has 7 N–H and O–H groups in total. The number of carbonyl (C=O) groups is 3. The number of anilines is 3. The molecule has 3 aliphatic rings. The number of β-amino-alcohol motifs (C(OH)–C–C–N with tert-alkyl or cyclic N) is 1. The molecule has 52 heavy (non-hydrogen) atoms. The van der Waals surface area contributed by atoms with Crippen LogP contribution < -0.4 is 29.9 Å². The number of urea groups is 1. The minimum Gasteiger partial charge on any atom is -0.503 e. The number of nitrogens with one attached hydrogen (secondary N) is 3. The van der Waals surface area contributed by atoms with Gasteiger partial charge in [-0.15, -0.1) is 11.6 Å². The third-order valence-corrected chi connectivity index (χ3v) is 11.1. The van der Waals surface area contributed by atoms with Crippen LogP contribution in [0.5, 0.6) is 17.2 Å². The topological polar surface area (TPSA) is 193 Å². The van der Waals surface area contributed by atoms with Gasteiger partial charge in [0.05, 0.1) is 54.8 Å². The number of benzene rings is 3. The first-order valence-corrected chi connectivity index (χ1v) is 17.2. The highest BCUT2D eigenvalue weighted by atomic mass is 35.5. The number of aliphatic hydroxyl groups is 1. The Balaban J connectivity index is 1.11. The van der Waals surface area contributed by atoms with E-state index in [0.717, 1.165) is 27.7 Å². The highest BCUT2D eigenvalue weighted by Crippen LogP contribution is 2.51. The lowest BCUT2D eigenvalue weighted by Gasteiger charge is -2.19. The van der Waals surface area contributed by atoms with Gasteiger partial charge in [-0.05, 0) is 48.2 Å². The molecule has 1 unspecified atom stereocenters. The van der Waals surface area contributed by atoms with E-state index in [1.165, 1.54) is 24.0 Å². The fourth-order valence-corrected chi connectivity index (χ4v) is 8.70. The normalized spacial score (nSPS) is 17.8. The number of alkyl halides is 1. The fraction of sp³-hybridized carbons (Fsp3) is 0.270. The van der Waals surface area contributed by atoms with E-state index in [0.29, 0.717) is 63.2 Å². The molecule has 14 nitrogen and oxygen atoms in total. The van der Waals surface area contributed by atoms with Crippen LogP contribution in [0.15, 0.2) is 30.5 Å². The van der Waals surface area contributed by atoms with Crippen LogP contribution in [-0.2, 0) is 6.42 Å². The van der Waals surface area contributed by atoms with Crippen molar-refractivity contribution < 1.29 is 34.1 Å². The number of aromatic hydroxyl groups is 1. The number of phenols is 1. The molecule has 15 heteroatoms. The average Bonchev–Trinajstić information content (AvgIpc) is 3.98. The summed E-state index contributed by atoms with van der Waals surface area (Å²) >= 11 is 6.45. The number of fused-ring (bicyclic) bond motifs is 9. The van der Waals surface area contributed by atoms with Crippen LogP contribution in [0.4, 0.5) is 21.9 Å². The monoisotopic (exact) mass is 722 g/mol. The molecule has 3 aliphatic heterocycles. The standard InChI is InChI=1S/C37H33ClN7O7/c1-15-12-40-20-4-5-23-28(27(15)20)16(11-38)13-44(23)36(49)21-8-18-17-6-7-43(32(17)33(47)34(52-3)31(18)42-21)35(48)22-9-19-29-24(10-26(51-2)30(19)41-22)45(37(39)50)14-25(29)46/h5,8-10,12,16,25,40-42,46-47H,6-7,11,13-14H2,1-3H3,(H2,39,50)/t16?,25-/m1/s1. The van der Waals surface area contributed by atoms with Gasteiger partial charge in [0.15, 0.2) is 11.5 Å². The smallest absolute Gasteiger partial charge is 0.319 e. The summed E-state index contributed by atoms with van der Waals surface area (Å²) in [6.07, 6.45) is 1.29. The lowest BCUT2D eigenvalue weighted by Crippen LogP contribution is -2.34. The first kappa shape index (κ1) is 32.1. The van der Waals surface area contributed by atoms with Crippen molar-refractivity contribution in [3.05, 3.63) is 70.2 Å². The third kappa shape index (κ3) is 4.24. The maximum atomic E-state index is 14.3. The van der Waals surface area contributed by atoms with Crippen LogP contribution in [0.3, 0.4) is 0 Å². The number of phenolic OH excluding ortho intramolecular Hbond substituents is 1. The number of H-pyrrole nitrogens is 3. The SMILES string of the molecule is COc1cc2c(c3cc(C(=O)N4CCc5c4c(O)c(OC)c4[nH]c(C(=O)N6CC(CCl)c7c6c[c]c6[nH]cc(C)c76)cc54)[nH]c13)[C@H](O)CN2C(N)=O. The summed E-state index contributed by atoms with van der Waals surface area (Å²) in [5.41, 5.74) is 12.4. The van der Waals surface area contributed by atoms with Gasteiger partial charge in [-0.3, -0.25) is 14.5 Å². The second-order valence-corrected chi connectivity index (χ2v) is 13.7. The lowest BCUT2D eigenvalue weighted by molar-refractivity contribution is 0.0977. The quantitative estimate of drug-likeness (QED) is 0.134. The van der Waals surface area contributed by atoms with E-state index in [4.69, 9.17) is 26.8 Å². The maximum absolute atomic E-state index is 14.3. The van der Waals surface area contributed by atoms with Gasteiger partial charge in [-0.25, -0.2) is 4.79 Å². The van der Waals surface area contributed by atoms with Crippen LogP contribution in [-0.4, -0.2) is 82.7 Å². The summed E-state index contributed by atoms with van der Waals surface area (Å²) in [7, 11) is 2.88. The van der Waals surface area contributed by atoms with Crippen molar-refractivity contribution in [2.45, 2.75) is 25.4 Å². The predicted molar refractivity (Wildman–Crippen MR) is 196 cm³/mol. The number of hydrogen-bond acceptors (Lipinski definition) is 7. The van der Waals surface area contributed by atoms with Gasteiger partial charge >= 0.3 is 6.03 Å². The summed E-state index contributed by atoms with van der Waals surface area (Å²) in [4.78, 5) is 54.6. The molecule has 6 heterocycles. The highest BCUT2D eigenvalue weighted by Gasteiger charge is 2.39. The molecule has 0 saturated heterocycles. The Kier molecular flexibility index (Phi) is 6.98. The van der Waals surface area contributed by atoms with Crippen molar-refractivity contribution in [2.24, 2.45) is 5.73 Å². The van der Waals surface area contributed by atoms with Crippen molar-refractivity contribution in [3.8, 4) is 17.2 Å². The van der Waals surface area contributed by atoms with E-state index < -0.39 is 18.0 Å². The summed E-state index contributed by atoms with van der Waals surface area (Å²) in [6.45, 7) is 2.61. The molecule has 0 bridgehead atoms. The van der Waals surface area contributed by atoms with Gasteiger partial charge in [0.2, 0.25) is 0 Å². The number of carbonyl (C=O) groups excluding carboxylic acids is 3. The number of aryl methyl sites for hydroxylation is 1. The average molecular weight is 723 g/mol. The van der Waals surface area contributed by atoms with Crippen molar-refractivity contribution in [2.75, 3.05) is 54.4 Å². The van der Waals surface area contributed by atoms with Crippen molar-refractivity contribution in [1.29, 1.82) is 0 Å². The molecule has 265 valence electrons. The Bertz CT molecular complexity index is 2550. The first-order valence-electron chi connectivity index (χ1n) is 16.7. The second kappa shape index (κ2) is 11.3. The van der Waals surface area contributed by atoms with Crippen LogP contribution in [0.25, 0.3) is 32.7 Å². The number of aromatic nitrogens is 3. The Morgan fingerprint density at radius 2 is 1.71 bits per heavy atom. The molecule has 9 rings (SSSR count). The van der Waals surface area contributed by atoms with Crippen molar-refractivity contribution in [3.63, 3.8) is 0 Å². The zero-order valence-electron chi connectivity index (χ0n) is 28.3. The third-order valence-electron chi connectivity index (χ3n) is 10.7. The maximum Gasteiger partial charge on any atom is 0.319 e. The predicted octanol–water partition coefficient (Wildman–Crippen LogP) is 5.08. The number of aromatic amines is 3. The first-order chi connectivity index (χ1) is 25.1. The number of primary amides is 1. The summed E-state index contributed by atoms with van der Waals surface area (Å²) < 4.78 is 11.3. The van der Waals surface area contributed by atoms with Gasteiger partial charge in [-0.2, -0.15) is 0 Å². The Labute approximate surface area is 300 Å². The number of halogens is 1. The van der Waals surface area contributed by atoms with Crippen molar-refractivity contribution >= 4 is 79.2 Å². The largest absolute Gasteiger partial charge is 0.503 e. The van der Waals surface area contributed by atoms with Gasteiger partial charge in [0.25, 0.3) is 11.8 Å². The van der Waals surface area contributed by atoms with E-state index in [2.05, 4.69) is 21.0 Å². The van der Waals surface area contributed by atoms with Gasteiger partial charge in [0.1, 0.15) is 17.1 Å². The molecule has 1 radical (unpaired) electrons. The number of nitrogens with zero attached hydrogens (tertiary/aromatic N) is 3. The summed E-state index contributed by atoms with van der Waals surface area (Å²) in [5.74, 6) is -0.251. The van der Waals surface area contributed by atoms with E-state index in [1.807, 2.05) is 19.2 Å². The molecular weight excluding hydrogens is 690 g/mol. The molecular formula is C37H33ClN7O7. The molecule has 3 aromatic carbocycles. The van der Waals surface area contributed by atoms with E-state index >= 15 is 0 Å². The second-order valence-electron chi connectivity index (χ2n) is 13.4. The molecule has 3 aromatic heterocycles. The lowest BCUT2D eigenvalue weighted by atomic mass is 9.97. The highest BCUT2D eigenvalue weighted by molar-refractivity contribution is 6.20. The van der Waals surface area contributed by atoms with Crippen molar-refractivity contribution in [1.82, 2.24) is 15.0 Å². The van der Waals surface area contributed by atoms with Crippen LogP contribution in [0.2, 0.25) is 0 Å². The number of aliphatic hydroxyl groups excluding tert-OH is 1. The molecule has 0 saturated carbocycles. The summed E-state index contributed by atoms with van der Waals surface area (Å²) in [5, 5.41) is 24.7. The van der Waals surface area contributed by atoms with E-state index in [1.54, 1.807) is 23.1 Å². The van der Waals surface area contributed by atoms with Gasteiger partial charge < -0.3 is 50.2 Å². The molecule has 2 atom stereocenters. The summed E-state index contributed by atoms with van der Waals surface area (Å²) in [6, 6.07) is 9.31. The zero-order valence-corrected chi connectivity index (χ0v) is 29.1. The van der Waals surface area contributed by atoms with Crippen LogP contribution >= 0.6 is 11.6 Å². The molecule has 4 amide bonds. The molecule has 0 fully saturated rings. The number of nitrogens with two attached hydrogens (primary N) is 1. The Morgan fingerprint density at radius 1 is 0.981 bits per heavy atom. The van der Waals surface area contributed by atoms with E-state index in [-0.39, 0.29) is 53.5 Å². The fourth-order valence-electron chi connectivity index (χ4n) is 8.44.